The molecule has 2 aliphatic carbocycles. The third-order valence-corrected chi connectivity index (χ3v) is 8.24. The summed E-state index contributed by atoms with van der Waals surface area (Å²) in [4.78, 5) is 10.9. The van der Waals surface area contributed by atoms with Gasteiger partial charge in [-0.25, -0.2) is 0 Å². The highest BCUT2D eigenvalue weighted by Gasteiger charge is 2.46. The molecule has 2 saturated heterocycles. The van der Waals surface area contributed by atoms with Gasteiger partial charge in [-0.05, 0) is 67.0 Å². The van der Waals surface area contributed by atoms with Gasteiger partial charge in [0.2, 0.25) is 0 Å². The summed E-state index contributed by atoms with van der Waals surface area (Å²) < 4.78 is 23.6. The van der Waals surface area contributed by atoms with Crippen molar-refractivity contribution in [3.63, 3.8) is 0 Å². The SMILES string of the molecule is Cc1cccc(C2(O)CCC3(CC2)OCCO3)c1.Cc1cccc(I)c1.O=C1CCC2(CC1)OCCO2. The van der Waals surface area contributed by atoms with Crippen LogP contribution in [0.5, 0.6) is 0 Å². The lowest BCUT2D eigenvalue weighted by Crippen LogP contribution is -2.42. The molecule has 0 unspecified atom stereocenters. The van der Waals surface area contributed by atoms with E-state index in [0.29, 0.717) is 57.9 Å². The third-order valence-electron chi connectivity index (χ3n) is 7.57. The van der Waals surface area contributed by atoms with Gasteiger partial charge in [-0.15, -0.1) is 0 Å². The molecule has 2 aromatic carbocycles. The number of rotatable bonds is 1. The molecule has 6 rings (SSSR count). The predicted molar refractivity (Wildman–Crippen MR) is 150 cm³/mol. The van der Waals surface area contributed by atoms with Gasteiger partial charge < -0.3 is 24.1 Å². The molecule has 37 heavy (non-hydrogen) atoms. The van der Waals surface area contributed by atoms with Gasteiger partial charge in [0.1, 0.15) is 5.78 Å². The summed E-state index contributed by atoms with van der Waals surface area (Å²) in [6.07, 6.45) is 5.72. The number of hydrogen-bond donors (Lipinski definition) is 1. The van der Waals surface area contributed by atoms with E-state index in [1.807, 2.05) is 12.1 Å². The summed E-state index contributed by atoms with van der Waals surface area (Å²) in [5.41, 5.74) is 2.83. The van der Waals surface area contributed by atoms with E-state index in [1.54, 1.807) is 0 Å². The maximum atomic E-state index is 10.9. The van der Waals surface area contributed by atoms with E-state index in [-0.39, 0.29) is 5.79 Å². The number of ketones is 1. The molecule has 2 aromatic rings. The predicted octanol–water partition coefficient (Wildman–Crippen LogP) is 5.97. The van der Waals surface area contributed by atoms with Crippen LogP contribution in [-0.4, -0.2) is 48.9 Å². The smallest absolute Gasteiger partial charge is 0.169 e. The van der Waals surface area contributed by atoms with Gasteiger partial charge in [-0.1, -0.05) is 47.5 Å². The molecule has 7 heteroatoms. The van der Waals surface area contributed by atoms with Crippen molar-refractivity contribution in [1.29, 1.82) is 0 Å². The molecule has 4 aliphatic rings. The van der Waals surface area contributed by atoms with Crippen LogP contribution in [0, 0.1) is 17.4 Å². The molecule has 2 heterocycles. The Balaban J connectivity index is 0.000000143. The highest BCUT2D eigenvalue weighted by Crippen LogP contribution is 2.44. The van der Waals surface area contributed by atoms with E-state index < -0.39 is 11.4 Å². The van der Waals surface area contributed by atoms with Crippen LogP contribution in [0.2, 0.25) is 0 Å². The lowest BCUT2D eigenvalue weighted by Gasteiger charge is -2.40. The molecule has 6 nitrogen and oxygen atoms in total. The number of halogens is 1. The number of ether oxygens (including phenoxy) is 4. The zero-order valence-corrected chi connectivity index (χ0v) is 24.1. The van der Waals surface area contributed by atoms with Gasteiger partial charge >= 0.3 is 0 Å². The fourth-order valence-electron chi connectivity index (χ4n) is 5.35. The Morgan fingerprint density at radius 3 is 1.65 bits per heavy atom. The summed E-state index contributed by atoms with van der Waals surface area (Å²) in [6, 6.07) is 16.6. The monoisotopic (exact) mass is 622 g/mol. The number of aliphatic hydroxyl groups is 1. The highest BCUT2D eigenvalue weighted by atomic mass is 127. The first kappa shape index (κ1) is 28.6. The number of benzene rings is 2. The Labute approximate surface area is 234 Å². The van der Waals surface area contributed by atoms with E-state index >= 15 is 0 Å². The molecule has 0 amide bonds. The summed E-state index contributed by atoms with van der Waals surface area (Å²) in [5.74, 6) is -0.432. The highest BCUT2D eigenvalue weighted by molar-refractivity contribution is 14.1. The van der Waals surface area contributed by atoms with Crippen LogP contribution in [0.3, 0.4) is 0 Å². The standard InChI is InChI=1S/C15H20O3.C8H12O3.C7H7I/c1-12-3-2-4-13(11-12)14(16)5-7-15(8-6-14)17-9-10-18-15;9-7-1-3-8(4-2-7)10-5-6-11-8;1-6-3-2-4-7(8)5-6/h2-4,11,16H,5-10H2,1H3;1-6H2;2-5H,1H3. The van der Waals surface area contributed by atoms with Crippen LogP contribution in [0.25, 0.3) is 0 Å². The first-order chi connectivity index (χ1) is 17.7. The zero-order chi connectivity index (χ0) is 26.4. The average Bonchev–Trinajstić information content (AvgIpc) is 3.54. The van der Waals surface area contributed by atoms with Crippen molar-refractivity contribution in [1.82, 2.24) is 0 Å². The molecule has 4 fully saturated rings. The maximum absolute atomic E-state index is 10.9. The minimum Gasteiger partial charge on any atom is -0.385 e. The largest absolute Gasteiger partial charge is 0.385 e. The van der Waals surface area contributed by atoms with Gasteiger partial charge in [0.15, 0.2) is 11.6 Å². The van der Waals surface area contributed by atoms with Gasteiger partial charge in [0, 0.05) is 42.1 Å². The molecule has 0 atom stereocenters. The second-order valence-electron chi connectivity index (χ2n) is 10.5. The zero-order valence-electron chi connectivity index (χ0n) is 22.0. The fourth-order valence-corrected chi connectivity index (χ4v) is 6.05. The van der Waals surface area contributed by atoms with Gasteiger partial charge in [0.25, 0.3) is 0 Å². The minimum atomic E-state index is -0.716. The van der Waals surface area contributed by atoms with Crippen molar-refractivity contribution < 1.29 is 28.8 Å². The van der Waals surface area contributed by atoms with Crippen molar-refractivity contribution in [3.8, 4) is 0 Å². The molecular formula is C30H39IO6. The number of hydrogen-bond acceptors (Lipinski definition) is 6. The van der Waals surface area contributed by atoms with Crippen LogP contribution >= 0.6 is 22.6 Å². The quantitative estimate of drug-likeness (QED) is 0.395. The van der Waals surface area contributed by atoms with Crippen LogP contribution in [0.4, 0.5) is 0 Å². The molecule has 1 N–H and O–H groups in total. The second-order valence-corrected chi connectivity index (χ2v) is 11.7. The lowest BCUT2D eigenvalue weighted by molar-refractivity contribution is -0.204. The van der Waals surface area contributed by atoms with Crippen LogP contribution in [0.15, 0.2) is 48.5 Å². The Morgan fingerprint density at radius 2 is 1.19 bits per heavy atom. The Morgan fingerprint density at radius 1 is 0.703 bits per heavy atom. The number of Topliss-reactive ketones (excluding diaryl/α,β-unsaturated/α-hetero) is 1. The van der Waals surface area contributed by atoms with Crippen LogP contribution in [0.1, 0.15) is 68.1 Å². The normalized spacial score (nSPS) is 23.2. The van der Waals surface area contributed by atoms with Crippen molar-refractivity contribution >= 4 is 28.4 Å². The molecule has 0 aromatic heterocycles. The van der Waals surface area contributed by atoms with E-state index in [4.69, 9.17) is 18.9 Å². The lowest BCUT2D eigenvalue weighted by atomic mass is 9.77. The first-order valence-corrected chi connectivity index (χ1v) is 14.4. The summed E-state index contributed by atoms with van der Waals surface area (Å²) in [7, 11) is 0. The second kappa shape index (κ2) is 12.7. The molecule has 0 bridgehead atoms. The van der Waals surface area contributed by atoms with Crippen LogP contribution < -0.4 is 0 Å². The molecule has 2 spiro atoms. The molecule has 2 aliphatic heterocycles. The number of aryl methyl sites for hydroxylation is 2. The van der Waals surface area contributed by atoms with E-state index in [0.717, 1.165) is 31.2 Å². The molecule has 0 radical (unpaired) electrons. The van der Waals surface area contributed by atoms with Gasteiger partial charge in [-0.3, -0.25) is 4.79 Å². The summed E-state index contributed by atoms with van der Waals surface area (Å²) in [6.45, 7) is 6.90. The molecular weight excluding hydrogens is 583 g/mol. The van der Waals surface area contributed by atoms with Crippen molar-refractivity contribution in [3.05, 3.63) is 68.8 Å². The third kappa shape index (κ3) is 7.83. The fraction of sp³-hybridized carbons (Fsp3) is 0.567. The first-order valence-electron chi connectivity index (χ1n) is 13.3. The van der Waals surface area contributed by atoms with Crippen molar-refractivity contribution in [2.45, 2.75) is 82.4 Å². The topological polar surface area (TPSA) is 74.2 Å². The van der Waals surface area contributed by atoms with Crippen LogP contribution in [-0.2, 0) is 29.3 Å². The van der Waals surface area contributed by atoms with Gasteiger partial charge in [0.05, 0.1) is 32.0 Å². The van der Waals surface area contributed by atoms with Gasteiger partial charge in [-0.2, -0.15) is 0 Å². The number of carbonyl (C=O) groups is 1. The Hall–Kier alpha value is -1.36. The number of carbonyl (C=O) groups excluding carboxylic acids is 1. The van der Waals surface area contributed by atoms with E-state index in [1.165, 1.54) is 14.7 Å². The molecule has 2 saturated carbocycles. The Bertz CT molecular complexity index is 1000. The van der Waals surface area contributed by atoms with Crippen molar-refractivity contribution in [2.75, 3.05) is 26.4 Å². The average molecular weight is 623 g/mol. The van der Waals surface area contributed by atoms with Crippen molar-refractivity contribution in [2.24, 2.45) is 0 Å². The maximum Gasteiger partial charge on any atom is 0.169 e. The Kier molecular flexibility index (Phi) is 9.80. The minimum absolute atomic E-state index is 0.342. The van der Waals surface area contributed by atoms with E-state index in [9.17, 15) is 9.90 Å². The summed E-state index contributed by atoms with van der Waals surface area (Å²) >= 11 is 2.31. The summed E-state index contributed by atoms with van der Waals surface area (Å²) in [5, 5.41) is 10.8. The molecule has 202 valence electrons. The van der Waals surface area contributed by atoms with E-state index in [2.05, 4.69) is 72.8 Å².